The van der Waals surface area contributed by atoms with Crippen molar-refractivity contribution in [1.82, 2.24) is 20.3 Å². The largest absolute Gasteiger partial charge is 0.505 e. The van der Waals surface area contributed by atoms with E-state index < -0.39 is 0 Å². The van der Waals surface area contributed by atoms with E-state index in [-0.39, 0.29) is 22.5 Å². The minimum Gasteiger partial charge on any atom is -0.505 e. The smallest absolute Gasteiger partial charge is 0.243 e. The molecule has 0 aliphatic heterocycles. The molecule has 0 bridgehead atoms. The lowest BCUT2D eigenvalue weighted by Gasteiger charge is -2.35. The van der Waals surface area contributed by atoms with E-state index in [1.54, 1.807) is 0 Å². The van der Waals surface area contributed by atoms with E-state index in [1.807, 2.05) is 37.3 Å². The Labute approximate surface area is 184 Å². The molecule has 6 nitrogen and oxygen atoms in total. The molecule has 0 saturated carbocycles. The van der Waals surface area contributed by atoms with Crippen LogP contribution in [0.15, 0.2) is 43.0 Å². The number of carbonyl (C=O) groups excluding carboxylic acids is 1. The number of nitrogens with zero attached hydrogens (tertiary/aromatic N) is 3. The molecule has 164 valence electrons. The summed E-state index contributed by atoms with van der Waals surface area (Å²) in [6.07, 6.45) is 2.17. The molecule has 1 aromatic heterocycles. The SMILES string of the molecule is C=CC(=O)NCc1c(C(C)(C)CC(C)(C)C)cc(-n2nc3ccccc3n2)c(O)c1C. The Kier molecular flexibility index (Phi) is 5.94. The van der Waals surface area contributed by atoms with Crippen LogP contribution in [-0.2, 0) is 16.8 Å². The van der Waals surface area contributed by atoms with Crippen molar-refractivity contribution in [2.75, 3.05) is 0 Å². The van der Waals surface area contributed by atoms with Gasteiger partial charge in [-0.1, -0.05) is 53.3 Å². The van der Waals surface area contributed by atoms with E-state index >= 15 is 0 Å². The molecule has 1 heterocycles. The molecule has 2 N–H and O–H groups in total. The normalized spacial score (nSPS) is 12.2. The summed E-state index contributed by atoms with van der Waals surface area (Å²) in [5, 5.41) is 23.1. The van der Waals surface area contributed by atoms with Gasteiger partial charge in [0.15, 0.2) is 0 Å². The molecule has 0 aliphatic rings. The number of benzene rings is 2. The standard InChI is InChI=1S/C25H32N4O2/c1-8-22(30)26-14-17-16(2)23(31)21(13-18(17)25(6,7)15-24(3,4)5)29-27-19-11-9-10-12-20(19)28-29/h8-13,31H,1,14-15H2,2-7H3,(H,26,30). The molecule has 1 amide bonds. The number of hydrogen-bond donors (Lipinski definition) is 2. The summed E-state index contributed by atoms with van der Waals surface area (Å²) in [6, 6.07) is 9.58. The van der Waals surface area contributed by atoms with E-state index in [0.29, 0.717) is 17.8 Å². The fraction of sp³-hybridized carbons (Fsp3) is 0.400. The number of carbonyl (C=O) groups is 1. The Morgan fingerprint density at radius 3 is 2.26 bits per heavy atom. The number of hydrogen-bond acceptors (Lipinski definition) is 4. The van der Waals surface area contributed by atoms with Gasteiger partial charge in [0.1, 0.15) is 22.5 Å². The fourth-order valence-electron chi connectivity index (χ4n) is 4.45. The summed E-state index contributed by atoms with van der Waals surface area (Å²) in [7, 11) is 0. The average Bonchev–Trinajstić information content (AvgIpc) is 3.10. The molecular formula is C25H32N4O2. The quantitative estimate of drug-likeness (QED) is 0.553. The summed E-state index contributed by atoms with van der Waals surface area (Å²) in [5.41, 5.74) is 4.60. The number of phenolic OH excluding ortho intramolecular Hbond substituents is 1. The van der Waals surface area contributed by atoms with Crippen molar-refractivity contribution < 1.29 is 9.90 Å². The van der Waals surface area contributed by atoms with E-state index in [2.05, 4.69) is 56.7 Å². The number of fused-ring (bicyclic) bond motifs is 1. The Morgan fingerprint density at radius 2 is 1.74 bits per heavy atom. The first kappa shape index (κ1) is 22.5. The molecular weight excluding hydrogens is 388 g/mol. The van der Waals surface area contributed by atoms with Crippen molar-refractivity contribution in [2.45, 2.75) is 59.9 Å². The second kappa shape index (κ2) is 8.17. The van der Waals surface area contributed by atoms with E-state index in [4.69, 9.17) is 0 Å². The van der Waals surface area contributed by atoms with Gasteiger partial charge in [0.2, 0.25) is 5.91 Å². The van der Waals surface area contributed by atoms with Crippen LogP contribution in [0.5, 0.6) is 5.75 Å². The molecule has 2 aromatic carbocycles. The van der Waals surface area contributed by atoms with Crippen LogP contribution in [0, 0.1) is 12.3 Å². The third kappa shape index (κ3) is 4.79. The number of phenols is 1. The maximum Gasteiger partial charge on any atom is 0.243 e. The summed E-state index contributed by atoms with van der Waals surface area (Å²) >= 11 is 0. The lowest BCUT2D eigenvalue weighted by molar-refractivity contribution is -0.116. The number of aromatic nitrogens is 3. The summed E-state index contributed by atoms with van der Waals surface area (Å²) in [4.78, 5) is 13.3. The molecule has 0 spiro atoms. The van der Waals surface area contributed by atoms with Crippen LogP contribution < -0.4 is 5.32 Å². The van der Waals surface area contributed by atoms with Crippen molar-refractivity contribution in [3.05, 3.63) is 59.7 Å². The maximum absolute atomic E-state index is 11.8. The average molecular weight is 421 g/mol. The summed E-state index contributed by atoms with van der Waals surface area (Å²) in [6.45, 7) is 16.7. The van der Waals surface area contributed by atoms with Crippen LogP contribution in [0.1, 0.15) is 57.7 Å². The number of aromatic hydroxyl groups is 1. The predicted octanol–water partition coefficient (Wildman–Crippen LogP) is 4.95. The highest BCUT2D eigenvalue weighted by molar-refractivity contribution is 5.86. The second-order valence-corrected chi connectivity index (χ2v) is 9.92. The molecule has 0 aliphatic carbocycles. The highest BCUT2D eigenvalue weighted by atomic mass is 16.3. The Bertz CT molecular complexity index is 1100. The fourth-order valence-corrected chi connectivity index (χ4v) is 4.45. The monoisotopic (exact) mass is 420 g/mol. The molecule has 6 heteroatoms. The van der Waals surface area contributed by atoms with E-state index in [9.17, 15) is 9.90 Å². The highest BCUT2D eigenvalue weighted by Crippen LogP contribution is 2.42. The lowest BCUT2D eigenvalue weighted by atomic mass is 9.70. The molecule has 3 rings (SSSR count). The van der Waals surface area contributed by atoms with Crippen LogP contribution in [0.3, 0.4) is 0 Å². The van der Waals surface area contributed by atoms with Gasteiger partial charge in [0.05, 0.1) is 0 Å². The van der Waals surface area contributed by atoms with Crippen molar-refractivity contribution in [3.63, 3.8) is 0 Å². The maximum atomic E-state index is 11.8. The third-order valence-electron chi connectivity index (χ3n) is 5.48. The second-order valence-electron chi connectivity index (χ2n) is 9.92. The van der Waals surface area contributed by atoms with Gasteiger partial charge < -0.3 is 10.4 Å². The summed E-state index contributed by atoms with van der Waals surface area (Å²) < 4.78 is 0. The first-order chi connectivity index (χ1) is 14.4. The van der Waals surface area contributed by atoms with Gasteiger partial charge in [-0.2, -0.15) is 0 Å². The van der Waals surface area contributed by atoms with Crippen LogP contribution in [0.4, 0.5) is 0 Å². The molecule has 0 saturated heterocycles. The molecule has 0 atom stereocenters. The highest BCUT2D eigenvalue weighted by Gasteiger charge is 2.32. The van der Waals surface area contributed by atoms with Crippen LogP contribution in [-0.4, -0.2) is 26.0 Å². The third-order valence-corrected chi connectivity index (χ3v) is 5.48. The van der Waals surface area contributed by atoms with E-state index in [1.165, 1.54) is 10.9 Å². The van der Waals surface area contributed by atoms with Crippen LogP contribution >= 0.6 is 0 Å². The minimum absolute atomic E-state index is 0.0930. The van der Waals surface area contributed by atoms with Crippen molar-refractivity contribution in [2.24, 2.45) is 5.41 Å². The van der Waals surface area contributed by atoms with Gasteiger partial charge in [0, 0.05) is 6.54 Å². The Balaban J connectivity index is 2.20. The molecule has 3 aromatic rings. The van der Waals surface area contributed by atoms with Gasteiger partial charge in [0.25, 0.3) is 0 Å². The topological polar surface area (TPSA) is 80.0 Å². The van der Waals surface area contributed by atoms with Gasteiger partial charge in [-0.05, 0) is 65.1 Å². The van der Waals surface area contributed by atoms with Crippen molar-refractivity contribution >= 4 is 16.9 Å². The number of nitrogens with one attached hydrogen (secondary N) is 1. The van der Waals surface area contributed by atoms with Gasteiger partial charge in [-0.3, -0.25) is 4.79 Å². The zero-order valence-electron chi connectivity index (χ0n) is 19.3. The first-order valence-electron chi connectivity index (χ1n) is 10.5. The number of amides is 1. The van der Waals surface area contributed by atoms with E-state index in [0.717, 1.165) is 28.6 Å². The molecule has 0 fully saturated rings. The minimum atomic E-state index is -0.248. The predicted molar refractivity (Wildman–Crippen MR) is 124 cm³/mol. The van der Waals surface area contributed by atoms with Gasteiger partial charge >= 0.3 is 0 Å². The summed E-state index contributed by atoms with van der Waals surface area (Å²) in [5.74, 6) is -0.138. The van der Waals surface area contributed by atoms with Crippen LogP contribution in [0.25, 0.3) is 16.7 Å². The van der Waals surface area contributed by atoms with Gasteiger partial charge in [-0.15, -0.1) is 15.0 Å². The Morgan fingerprint density at radius 1 is 1.16 bits per heavy atom. The van der Waals surface area contributed by atoms with Gasteiger partial charge in [-0.25, -0.2) is 0 Å². The molecule has 31 heavy (non-hydrogen) atoms. The van der Waals surface area contributed by atoms with Crippen molar-refractivity contribution in [1.29, 1.82) is 0 Å². The molecule has 0 radical (unpaired) electrons. The first-order valence-corrected chi connectivity index (χ1v) is 10.5. The zero-order valence-corrected chi connectivity index (χ0v) is 19.3. The lowest BCUT2D eigenvalue weighted by Crippen LogP contribution is -2.29. The Hall–Kier alpha value is -3.15. The molecule has 0 unspecified atom stereocenters. The zero-order chi connectivity index (χ0) is 23.0. The van der Waals surface area contributed by atoms with Crippen molar-refractivity contribution in [3.8, 4) is 11.4 Å². The number of rotatable bonds is 6. The van der Waals surface area contributed by atoms with Crippen LogP contribution in [0.2, 0.25) is 0 Å².